The van der Waals surface area contributed by atoms with Crippen LogP contribution in [0.25, 0.3) is 11.2 Å². The zero-order valence-corrected chi connectivity index (χ0v) is 20.3. The van der Waals surface area contributed by atoms with E-state index in [-0.39, 0.29) is 25.0 Å². The molecule has 1 amide bonds. The Morgan fingerprint density at radius 1 is 1.14 bits per heavy atom. The van der Waals surface area contributed by atoms with Gasteiger partial charge in [-0.2, -0.15) is 11.3 Å². The molecule has 0 radical (unpaired) electrons. The lowest BCUT2D eigenvalue weighted by Gasteiger charge is -2.22. The molecule has 182 valence electrons. The first-order valence-corrected chi connectivity index (χ1v) is 12.5. The summed E-state index contributed by atoms with van der Waals surface area (Å²) in [6.07, 6.45) is 3.42. The minimum atomic E-state index is -0.539. The van der Waals surface area contributed by atoms with Gasteiger partial charge in [-0.25, -0.2) is 14.3 Å². The van der Waals surface area contributed by atoms with Gasteiger partial charge in [0.1, 0.15) is 6.54 Å². The number of methoxy groups -OCH3 is 1. The van der Waals surface area contributed by atoms with Gasteiger partial charge >= 0.3 is 5.69 Å². The van der Waals surface area contributed by atoms with Crippen LogP contribution in [-0.4, -0.2) is 49.3 Å². The van der Waals surface area contributed by atoms with Gasteiger partial charge in [-0.05, 0) is 40.8 Å². The number of aromatic nitrogens is 4. The van der Waals surface area contributed by atoms with Crippen molar-refractivity contribution in [2.24, 2.45) is 0 Å². The first-order chi connectivity index (χ1) is 17.1. The van der Waals surface area contributed by atoms with Crippen molar-refractivity contribution in [2.45, 2.75) is 45.1 Å². The van der Waals surface area contributed by atoms with Crippen LogP contribution in [0.15, 0.2) is 63.1 Å². The highest BCUT2D eigenvalue weighted by Crippen LogP contribution is 2.29. The Bertz CT molecular complexity index is 1430. The predicted octanol–water partition coefficient (Wildman–Crippen LogP) is 2.31. The maximum atomic E-state index is 13.6. The summed E-state index contributed by atoms with van der Waals surface area (Å²) >= 11 is 1.58. The van der Waals surface area contributed by atoms with Crippen LogP contribution in [0, 0.1) is 0 Å². The second kappa shape index (κ2) is 10.0. The highest BCUT2D eigenvalue weighted by molar-refractivity contribution is 7.07. The summed E-state index contributed by atoms with van der Waals surface area (Å²) < 4.78 is 9.40. The number of nitrogens with zero attached hydrogens (tertiary/aromatic N) is 5. The van der Waals surface area contributed by atoms with Crippen molar-refractivity contribution in [3.05, 3.63) is 85.5 Å². The Morgan fingerprint density at radius 2 is 1.94 bits per heavy atom. The van der Waals surface area contributed by atoms with Crippen molar-refractivity contribution < 1.29 is 9.53 Å². The van der Waals surface area contributed by atoms with E-state index in [1.54, 1.807) is 34.2 Å². The molecule has 3 heterocycles. The maximum Gasteiger partial charge on any atom is 0.333 e. The Hall–Kier alpha value is -3.50. The number of amides is 1. The Kier molecular flexibility index (Phi) is 6.65. The third-order valence-electron chi connectivity index (χ3n) is 6.24. The van der Waals surface area contributed by atoms with Gasteiger partial charge in [0.15, 0.2) is 11.2 Å². The van der Waals surface area contributed by atoms with E-state index in [0.717, 1.165) is 28.5 Å². The Labute approximate surface area is 205 Å². The van der Waals surface area contributed by atoms with Crippen molar-refractivity contribution in [1.82, 2.24) is 23.6 Å². The van der Waals surface area contributed by atoms with Crippen LogP contribution in [0.4, 0.5) is 0 Å². The van der Waals surface area contributed by atoms with E-state index in [1.807, 2.05) is 47.2 Å². The fourth-order valence-corrected chi connectivity index (χ4v) is 4.92. The number of carbonyl (C=O) groups is 1. The Morgan fingerprint density at radius 3 is 2.63 bits per heavy atom. The monoisotopic (exact) mass is 493 g/mol. The standard InChI is InChI=1S/C25H27N5O4S/c1-34-11-10-27-17-26-23-22(27)24(32)30(25(33)29(23)13-18-5-3-2-4-6-18)15-21(31)28(20-7-8-20)14-19-9-12-35-16-19/h2-6,9,12,16-17,20H,7-8,10-11,13-15H2,1H3. The minimum Gasteiger partial charge on any atom is -0.383 e. The lowest BCUT2D eigenvalue weighted by atomic mass is 10.2. The smallest absolute Gasteiger partial charge is 0.333 e. The van der Waals surface area contributed by atoms with Gasteiger partial charge in [-0.15, -0.1) is 0 Å². The molecule has 10 heteroatoms. The summed E-state index contributed by atoms with van der Waals surface area (Å²) in [6, 6.07) is 11.7. The summed E-state index contributed by atoms with van der Waals surface area (Å²) in [5, 5.41) is 3.99. The molecule has 3 aromatic heterocycles. The van der Waals surface area contributed by atoms with Crippen LogP contribution in [0.5, 0.6) is 0 Å². The minimum absolute atomic E-state index is 0.153. The zero-order chi connectivity index (χ0) is 24.4. The SMILES string of the molecule is COCCn1cnc2c1c(=O)n(CC(=O)N(Cc1ccsc1)C1CC1)c(=O)n2Cc1ccccc1. The number of carbonyl (C=O) groups excluding carboxylic acids is 1. The predicted molar refractivity (Wildman–Crippen MR) is 134 cm³/mol. The van der Waals surface area contributed by atoms with E-state index in [1.165, 1.54) is 4.57 Å². The van der Waals surface area contributed by atoms with Gasteiger partial charge in [-0.1, -0.05) is 30.3 Å². The quantitative estimate of drug-likeness (QED) is 0.338. The van der Waals surface area contributed by atoms with Crippen molar-refractivity contribution in [3.63, 3.8) is 0 Å². The number of benzene rings is 1. The van der Waals surface area contributed by atoms with Gasteiger partial charge in [0, 0.05) is 26.2 Å². The summed E-state index contributed by atoms with van der Waals surface area (Å²) in [7, 11) is 1.58. The van der Waals surface area contributed by atoms with Crippen molar-refractivity contribution >= 4 is 28.4 Å². The number of ether oxygens (including phenoxy) is 1. The van der Waals surface area contributed by atoms with Gasteiger partial charge in [0.25, 0.3) is 5.56 Å². The molecule has 1 aromatic carbocycles. The largest absolute Gasteiger partial charge is 0.383 e. The summed E-state index contributed by atoms with van der Waals surface area (Å²) in [6.45, 7) is 1.21. The molecular weight excluding hydrogens is 466 g/mol. The number of rotatable bonds is 10. The molecule has 5 rings (SSSR count). The number of thiophene rings is 1. The maximum absolute atomic E-state index is 13.6. The molecule has 0 spiro atoms. The number of hydrogen-bond acceptors (Lipinski definition) is 6. The van der Waals surface area contributed by atoms with Gasteiger partial charge in [0.05, 0.1) is 19.5 Å². The van der Waals surface area contributed by atoms with Gasteiger partial charge in [-0.3, -0.25) is 14.2 Å². The van der Waals surface area contributed by atoms with Gasteiger partial charge < -0.3 is 14.2 Å². The van der Waals surface area contributed by atoms with Crippen molar-refractivity contribution in [3.8, 4) is 0 Å². The molecule has 0 aliphatic heterocycles. The highest BCUT2D eigenvalue weighted by Gasteiger charge is 2.33. The van der Waals surface area contributed by atoms with Crippen LogP contribution in [0.2, 0.25) is 0 Å². The van der Waals surface area contributed by atoms with E-state index in [9.17, 15) is 14.4 Å². The normalized spacial score (nSPS) is 13.4. The molecule has 0 N–H and O–H groups in total. The number of imidazole rings is 1. The fourth-order valence-electron chi connectivity index (χ4n) is 4.26. The summed E-state index contributed by atoms with van der Waals surface area (Å²) in [5.41, 5.74) is 1.50. The number of hydrogen-bond donors (Lipinski definition) is 0. The van der Waals surface area contributed by atoms with Gasteiger partial charge in [0.2, 0.25) is 5.91 Å². The third kappa shape index (κ3) is 4.85. The third-order valence-corrected chi connectivity index (χ3v) is 6.97. The zero-order valence-electron chi connectivity index (χ0n) is 19.5. The Balaban J connectivity index is 1.56. The number of fused-ring (bicyclic) bond motifs is 1. The van der Waals surface area contributed by atoms with E-state index >= 15 is 0 Å². The second-order valence-corrected chi connectivity index (χ2v) is 9.51. The van der Waals surface area contributed by atoms with Crippen LogP contribution >= 0.6 is 11.3 Å². The van der Waals surface area contributed by atoms with Crippen molar-refractivity contribution in [1.29, 1.82) is 0 Å². The first-order valence-electron chi connectivity index (χ1n) is 11.6. The molecule has 4 aromatic rings. The molecule has 0 saturated heterocycles. The van der Waals surface area contributed by atoms with Crippen LogP contribution in [-0.2, 0) is 35.7 Å². The van der Waals surface area contributed by atoms with Crippen LogP contribution in [0.1, 0.15) is 24.0 Å². The van der Waals surface area contributed by atoms with Crippen LogP contribution < -0.4 is 11.2 Å². The van der Waals surface area contributed by atoms with E-state index in [2.05, 4.69) is 4.98 Å². The molecule has 0 bridgehead atoms. The molecular formula is C25H27N5O4S. The lowest BCUT2D eigenvalue weighted by molar-refractivity contribution is -0.133. The van der Waals surface area contributed by atoms with Crippen molar-refractivity contribution in [2.75, 3.05) is 13.7 Å². The average Bonchev–Trinajstić information content (AvgIpc) is 3.40. The summed E-state index contributed by atoms with van der Waals surface area (Å²) in [4.78, 5) is 46.7. The molecule has 35 heavy (non-hydrogen) atoms. The van der Waals surface area contributed by atoms with E-state index in [4.69, 9.17) is 4.74 Å². The average molecular weight is 494 g/mol. The van der Waals surface area contributed by atoms with Crippen LogP contribution in [0.3, 0.4) is 0 Å². The molecule has 9 nitrogen and oxygen atoms in total. The molecule has 1 saturated carbocycles. The fraction of sp³-hybridized carbons (Fsp3) is 0.360. The van der Waals surface area contributed by atoms with E-state index in [0.29, 0.717) is 30.9 Å². The lowest BCUT2D eigenvalue weighted by Crippen LogP contribution is -2.45. The molecule has 1 aliphatic carbocycles. The molecule has 1 aliphatic rings. The molecule has 0 unspecified atom stereocenters. The molecule has 0 atom stereocenters. The van der Waals surface area contributed by atoms with E-state index < -0.39 is 11.2 Å². The second-order valence-electron chi connectivity index (χ2n) is 8.73. The topological polar surface area (TPSA) is 91.4 Å². The molecule has 1 fully saturated rings. The highest BCUT2D eigenvalue weighted by atomic mass is 32.1. The summed E-state index contributed by atoms with van der Waals surface area (Å²) in [5.74, 6) is -0.230. The first kappa shape index (κ1) is 23.3.